The molecule has 0 unspecified atom stereocenters. The number of hydrogen-bond donors (Lipinski definition) is 0. The van der Waals surface area contributed by atoms with Gasteiger partial charge in [-0.3, -0.25) is 4.79 Å². The monoisotopic (exact) mass is 300 g/mol. The first-order valence-corrected chi connectivity index (χ1v) is 7.81. The summed E-state index contributed by atoms with van der Waals surface area (Å²) in [5, 5.41) is 7.99. The van der Waals surface area contributed by atoms with Gasteiger partial charge in [0.05, 0.1) is 0 Å². The van der Waals surface area contributed by atoms with Gasteiger partial charge in [-0.1, -0.05) is 34.9 Å². The number of rotatable bonds is 4. The van der Waals surface area contributed by atoms with E-state index in [9.17, 15) is 9.18 Å². The van der Waals surface area contributed by atoms with Crippen LogP contribution in [0.1, 0.15) is 17.3 Å². The Kier molecular flexibility index (Phi) is 4.36. The second-order valence-corrected chi connectivity index (χ2v) is 6.66. The van der Waals surface area contributed by atoms with Gasteiger partial charge in [-0.05, 0) is 31.4 Å². The van der Waals surface area contributed by atoms with Gasteiger partial charge >= 0.3 is 0 Å². The third-order valence-electron chi connectivity index (χ3n) is 2.08. The number of carbonyl (C=O) groups is 1. The van der Waals surface area contributed by atoms with Crippen molar-refractivity contribution in [1.29, 1.82) is 0 Å². The largest absolute Gasteiger partial charge is 0.294 e. The molecule has 0 saturated heterocycles. The molecule has 0 atom stereocenters. The summed E-state index contributed by atoms with van der Waals surface area (Å²) in [6.45, 7) is 1.42. The van der Waals surface area contributed by atoms with Crippen molar-refractivity contribution in [1.82, 2.24) is 10.2 Å². The van der Waals surface area contributed by atoms with Crippen LogP contribution in [-0.2, 0) is 0 Å². The Hall–Kier alpha value is -0.920. The first kappa shape index (κ1) is 13.5. The number of hydrogen-bond acceptors (Lipinski definition) is 6. The van der Waals surface area contributed by atoms with Gasteiger partial charge in [0.2, 0.25) is 0 Å². The summed E-state index contributed by atoms with van der Waals surface area (Å²) in [6.07, 6.45) is 1.92. The summed E-state index contributed by atoms with van der Waals surface area (Å²) in [4.78, 5) is 12.2. The number of thioether (sulfide) groups is 1. The SMILES string of the molecule is CSc1nnc(Sc2ccc(F)cc2C(C)=O)s1. The van der Waals surface area contributed by atoms with Crippen molar-refractivity contribution in [3.05, 3.63) is 29.6 Å². The van der Waals surface area contributed by atoms with Gasteiger partial charge in [0, 0.05) is 10.5 Å². The first-order chi connectivity index (χ1) is 8.60. The van der Waals surface area contributed by atoms with Crippen molar-refractivity contribution in [3.63, 3.8) is 0 Å². The van der Waals surface area contributed by atoms with Crippen molar-refractivity contribution in [2.24, 2.45) is 0 Å². The van der Waals surface area contributed by atoms with E-state index < -0.39 is 5.82 Å². The number of aromatic nitrogens is 2. The predicted molar refractivity (Wildman–Crippen MR) is 72.2 cm³/mol. The molecule has 0 radical (unpaired) electrons. The Balaban J connectivity index is 2.30. The van der Waals surface area contributed by atoms with Crippen LogP contribution in [0, 0.1) is 5.82 Å². The summed E-state index contributed by atoms with van der Waals surface area (Å²) in [5.74, 6) is -0.571. The highest BCUT2D eigenvalue weighted by atomic mass is 32.2. The van der Waals surface area contributed by atoms with E-state index in [0.717, 1.165) is 8.68 Å². The quantitative estimate of drug-likeness (QED) is 0.635. The molecule has 1 aromatic carbocycles. The van der Waals surface area contributed by atoms with Gasteiger partial charge in [0.25, 0.3) is 0 Å². The summed E-state index contributed by atoms with van der Waals surface area (Å²) in [5.41, 5.74) is 0.376. The van der Waals surface area contributed by atoms with Crippen molar-refractivity contribution < 1.29 is 9.18 Å². The molecule has 0 aliphatic heterocycles. The van der Waals surface area contributed by atoms with Crippen molar-refractivity contribution in [3.8, 4) is 0 Å². The second kappa shape index (κ2) is 5.81. The van der Waals surface area contributed by atoms with Crippen molar-refractivity contribution >= 4 is 40.6 Å². The third kappa shape index (κ3) is 3.09. The molecule has 0 amide bonds. The maximum atomic E-state index is 13.1. The van der Waals surface area contributed by atoms with E-state index in [-0.39, 0.29) is 5.78 Å². The highest BCUT2D eigenvalue weighted by molar-refractivity contribution is 8.03. The van der Waals surface area contributed by atoms with Crippen LogP contribution in [0.5, 0.6) is 0 Å². The molecule has 0 N–H and O–H groups in total. The molecule has 0 fully saturated rings. The second-order valence-electron chi connectivity index (χ2n) is 3.34. The standard InChI is InChI=1S/C11H9FN2OS3/c1-6(15)8-5-7(12)3-4-9(8)17-11-14-13-10(16-2)18-11/h3-5H,1-2H3. The molecule has 7 heteroatoms. The van der Waals surface area contributed by atoms with Gasteiger partial charge in [-0.2, -0.15) is 0 Å². The molecule has 94 valence electrons. The van der Waals surface area contributed by atoms with Crippen LogP contribution in [0.15, 0.2) is 31.8 Å². The summed E-state index contributed by atoms with van der Waals surface area (Å²) < 4.78 is 14.7. The number of halogens is 1. The minimum absolute atomic E-state index is 0.161. The van der Waals surface area contributed by atoms with E-state index in [1.165, 1.54) is 53.9 Å². The predicted octanol–water partition coefficient (Wildman–Crippen LogP) is 3.75. The van der Waals surface area contributed by atoms with Crippen LogP contribution in [0.3, 0.4) is 0 Å². The van der Waals surface area contributed by atoms with Crippen LogP contribution in [0.25, 0.3) is 0 Å². The summed E-state index contributed by atoms with van der Waals surface area (Å²) in [6, 6.07) is 4.18. The van der Waals surface area contributed by atoms with Gasteiger partial charge in [-0.25, -0.2) is 4.39 Å². The first-order valence-electron chi connectivity index (χ1n) is 4.96. The van der Waals surface area contributed by atoms with E-state index in [1.807, 2.05) is 6.26 Å². The highest BCUT2D eigenvalue weighted by Gasteiger charge is 2.12. The Morgan fingerprint density at radius 3 is 2.67 bits per heavy atom. The van der Waals surface area contributed by atoms with E-state index >= 15 is 0 Å². The zero-order valence-corrected chi connectivity index (χ0v) is 12.1. The number of benzene rings is 1. The Bertz CT molecular complexity index is 585. The van der Waals surface area contributed by atoms with Crippen LogP contribution in [-0.4, -0.2) is 22.2 Å². The van der Waals surface area contributed by atoms with E-state index in [4.69, 9.17) is 0 Å². The van der Waals surface area contributed by atoms with E-state index in [1.54, 1.807) is 6.07 Å². The topological polar surface area (TPSA) is 42.9 Å². The van der Waals surface area contributed by atoms with Gasteiger partial charge in [-0.15, -0.1) is 10.2 Å². The molecule has 1 aromatic heterocycles. The van der Waals surface area contributed by atoms with E-state index in [0.29, 0.717) is 10.5 Å². The summed E-state index contributed by atoms with van der Waals surface area (Å²) >= 11 is 4.30. The number of carbonyl (C=O) groups excluding carboxylic acids is 1. The van der Waals surface area contributed by atoms with Crippen LogP contribution in [0.2, 0.25) is 0 Å². The Morgan fingerprint density at radius 2 is 2.06 bits per heavy atom. The number of nitrogens with zero attached hydrogens (tertiary/aromatic N) is 2. The molecular formula is C11H9FN2OS3. The molecule has 0 aliphatic rings. The Labute approximate surface area is 116 Å². The number of Topliss-reactive ketones (excluding diaryl/α,β-unsaturated/α-hetero) is 1. The normalized spacial score (nSPS) is 10.6. The van der Waals surface area contributed by atoms with Crippen LogP contribution >= 0.6 is 34.9 Å². The van der Waals surface area contributed by atoms with Crippen LogP contribution < -0.4 is 0 Å². The van der Waals surface area contributed by atoms with Crippen LogP contribution in [0.4, 0.5) is 4.39 Å². The van der Waals surface area contributed by atoms with Gasteiger partial charge in [0.15, 0.2) is 14.5 Å². The smallest absolute Gasteiger partial charge is 0.179 e. The lowest BCUT2D eigenvalue weighted by molar-refractivity contribution is 0.101. The average Bonchev–Trinajstić information content (AvgIpc) is 2.79. The molecule has 2 aromatic rings. The maximum Gasteiger partial charge on any atom is 0.179 e. The lowest BCUT2D eigenvalue weighted by Crippen LogP contribution is -1.96. The van der Waals surface area contributed by atoms with E-state index in [2.05, 4.69) is 10.2 Å². The van der Waals surface area contributed by atoms with Crippen molar-refractivity contribution in [2.75, 3.05) is 6.26 Å². The minimum Gasteiger partial charge on any atom is -0.294 e. The fraction of sp³-hybridized carbons (Fsp3) is 0.182. The Morgan fingerprint density at radius 1 is 1.33 bits per heavy atom. The molecule has 0 aliphatic carbocycles. The lowest BCUT2D eigenvalue weighted by Gasteiger charge is -2.03. The van der Waals surface area contributed by atoms with Crippen molar-refractivity contribution in [2.45, 2.75) is 20.5 Å². The molecule has 1 heterocycles. The zero-order valence-electron chi connectivity index (χ0n) is 9.64. The minimum atomic E-state index is -0.411. The fourth-order valence-corrected chi connectivity index (χ4v) is 3.84. The van der Waals surface area contributed by atoms with Gasteiger partial charge in [0.1, 0.15) is 5.82 Å². The highest BCUT2D eigenvalue weighted by Crippen LogP contribution is 2.34. The lowest BCUT2D eigenvalue weighted by atomic mass is 10.1. The molecule has 18 heavy (non-hydrogen) atoms. The molecule has 0 saturated carbocycles. The fourth-order valence-electron chi connectivity index (χ4n) is 1.28. The number of ketones is 1. The molecular weight excluding hydrogens is 291 g/mol. The summed E-state index contributed by atoms with van der Waals surface area (Å²) in [7, 11) is 0. The molecule has 0 bridgehead atoms. The average molecular weight is 300 g/mol. The third-order valence-corrected chi connectivity index (χ3v) is 5.11. The maximum absolute atomic E-state index is 13.1. The zero-order chi connectivity index (χ0) is 13.1. The molecule has 3 nitrogen and oxygen atoms in total. The van der Waals surface area contributed by atoms with Gasteiger partial charge < -0.3 is 0 Å². The molecule has 2 rings (SSSR count). The molecule has 0 spiro atoms.